The Kier molecular flexibility index (Phi) is 70.6. The van der Waals surface area contributed by atoms with Crippen molar-refractivity contribution < 1.29 is 33.5 Å². The fourth-order valence-electron chi connectivity index (χ4n) is 0. The second-order valence-electron chi connectivity index (χ2n) is 0. The van der Waals surface area contributed by atoms with E-state index in [1.807, 2.05) is 0 Å². The van der Waals surface area contributed by atoms with Crippen LogP contribution in [0.4, 0.5) is 0 Å². The zero-order valence-electron chi connectivity index (χ0n) is 1.58. The Hall–Kier alpha value is 2.56. The van der Waals surface area contributed by atoms with E-state index in [0.29, 0.717) is 0 Å². The van der Waals surface area contributed by atoms with Crippen molar-refractivity contribution in [2.45, 2.75) is 0 Å². The monoisotopic (exact) mass is 208 g/mol. The Bertz CT molecular complexity index is 8.00. The maximum atomic E-state index is 2.17. The standard InChI is InChI=1S/Al.BH2.La.Mg.5H/h;1H2;;;;;;;/q;+1;-1;;;;;;. The van der Waals surface area contributed by atoms with E-state index in [0.717, 1.165) is 0 Å². The van der Waals surface area contributed by atoms with Crippen LogP contribution in [0.3, 0.4) is 0 Å². The molecule has 0 aliphatic rings. The van der Waals surface area contributed by atoms with Gasteiger partial charge in [-0.15, -0.1) is 0 Å². The van der Waals surface area contributed by atoms with E-state index in [2.05, 4.69) is 3.99 Å². The molecule has 0 rings (SSSR count). The van der Waals surface area contributed by atoms with Crippen LogP contribution in [0.25, 0.3) is 0 Å². The molecule has 0 amide bonds. The summed E-state index contributed by atoms with van der Waals surface area (Å²) in [5.74, 6) is 0. The predicted molar refractivity (Wildman–Crippen MR) is 27.0 cm³/mol. The molecule has 0 aliphatic carbocycles. The normalized spacial score (nSPS) is 0.750. The second kappa shape index (κ2) is 17.6. The topological polar surface area (TPSA) is 0 Å². The van der Waals surface area contributed by atoms with Crippen molar-refractivity contribution in [2.24, 2.45) is 0 Å². The zero-order chi connectivity index (χ0) is 2.00. The molecule has 4 heteroatoms. The van der Waals surface area contributed by atoms with Gasteiger partial charge in [0.2, 0.25) is 0 Å². The van der Waals surface area contributed by atoms with Crippen LogP contribution in [0.15, 0.2) is 0 Å². The van der Waals surface area contributed by atoms with Gasteiger partial charge in [0.1, 0.15) is 0 Å². The summed E-state index contributed by atoms with van der Waals surface area (Å²) in [6, 6.07) is 0. The van der Waals surface area contributed by atoms with Gasteiger partial charge in [-0.25, -0.2) is 0 Å². The molecule has 0 spiro atoms. The molecular formula is H7AlBLaMg. The summed E-state index contributed by atoms with van der Waals surface area (Å²) in [4.78, 5) is 0. The van der Waals surface area contributed by atoms with Gasteiger partial charge >= 0.3 is 60.5 Å². The Labute approximate surface area is 76.4 Å². The summed E-state index contributed by atoms with van der Waals surface area (Å²) in [6.07, 6.45) is 0. The summed E-state index contributed by atoms with van der Waals surface area (Å²) >= 11 is 1.17. The first kappa shape index (κ1) is 16.0. The van der Waals surface area contributed by atoms with E-state index in [9.17, 15) is 0 Å². The molecule has 0 bridgehead atoms. The first-order chi connectivity index (χ1) is 1.00. The molecule has 0 aromatic carbocycles. The number of hydrogen-bond donors (Lipinski definition) is 0. The summed E-state index contributed by atoms with van der Waals surface area (Å²) in [7, 11) is 0. The Balaban J connectivity index is -0.00000000500. The van der Waals surface area contributed by atoms with Gasteiger partial charge in [0.25, 0.3) is 0 Å². The molecule has 0 saturated heterocycles. The molecule has 0 saturated carbocycles. The van der Waals surface area contributed by atoms with E-state index < -0.39 is 0 Å². The van der Waals surface area contributed by atoms with Crippen molar-refractivity contribution in [3.8, 4) is 0 Å². The quantitative estimate of drug-likeness (QED) is 0.372. The first-order valence-corrected chi connectivity index (χ1v) is 4.20. The van der Waals surface area contributed by atoms with Crippen LogP contribution in [0.2, 0.25) is 0 Å². The van der Waals surface area contributed by atoms with Crippen LogP contribution in [-0.2, 0) is 0 Å². The summed E-state index contributed by atoms with van der Waals surface area (Å²) in [5, 5.41) is 0. The van der Waals surface area contributed by atoms with Crippen LogP contribution >= 0.6 is 0 Å². The molecule has 0 aliphatic heterocycles. The minimum Gasteiger partial charge on any atom is 0.316 e. The third-order valence-electron chi connectivity index (χ3n) is 0. The van der Waals surface area contributed by atoms with Crippen LogP contribution in [0, 0.1) is 33.5 Å². The van der Waals surface area contributed by atoms with Crippen molar-refractivity contribution >= 4 is 44.4 Å². The van der Waals surface area contributed by atoms with Gasteiger partial charge < -0.3 is 0 Å². The van der Waals surface area contributed by atoms with Gasteiger partial charge in [-0.05, 0) is 0 Å². The van der Waals surface area contributed by atoms with Crippen molar-refractivity contribution in [3.63, 3.8) is 0 Å². The molecule has 0 nitrogen and oxygen atoms in total. The molecule has 0 fully saturated rings. The van der Waals surface area contributed by atoms with Crippen LogP contribution < -0.4 is 0 Å². The van der Waals surface area contributed by atoms with E-state index in [4.69, 9.17) is 0 Å². The smallest absolute Gasteiger partial charge is 0.316 e. The fraction of sp³-hybridized carbons (Fsp3) is 0. The van der Waals surface area contributed by atoms with Gasteiger partial charge in [-0.1, -0.05) is 0 Å². The predicted octanol–water partition coefficient (Wildman–Crippen LogP) is -3.02. The van der Waals surface area contributed by atoms with Crippen LogP contribution in [0.5, 0.6) is 0 Å². The van der Waals surface area contributed by atoms with Crippen molar-refractivity contribution in [1.29, 1.82) is 0 Å². The van der Waals surface area contributed by atoms with Gasteiger partial charge in [-0.3, -0.25) is 0 Å². The molecule has 0 atom stereocenters. The van der Waals surface area contributed by atoms with Gasteiger partial charge in [-0.2, -0.15) is 0 Å². The molecular weight excluding hydrogens is 201 g/mol. The van der Waals surface area contributed by atoms with E-state index in [1.54, 1.807) is 0 Å². The maximum absolute atomic E-state index is 2.17. The minimum absolute atomic E-state index is 0. The van der Waals surface area contributed by atoms with E-state index in [1.165, 1.54) is 33.5 Å². The van der Waals surface area contributed by atoms with Gasteiger partial charge in [0.05, 0.1) is 0 Å². The third kappa shape index (κ3) is 8.82. The summed E-state index contributed by atoms with van der Waals surface area (Å²) < 4.78 is 2.17. The van der Waals surface area contributed by atoms with Crippen LogP contribution in [-0.4, -0.2) is 44.4 Å². The Morgan fingerprint density at radius 3 is 1.25 bits per heavy atom. The van der Waals surface area contributed by atoms with Gasteiger partial charge in [0, 0.05) is 0 Å². The molecule has 18 valence electrons. The number of rotatable bonds is 0. The molecule has 0 aromatic heterocycles. The Morgan fingerprint density at radius 2 is 1.25 bits per heavy atom. The largest absolute Gasteiger partial charge is 0.316 e. The van der Waals surface area contributed by atoms with Crippen molar-refractivity contribution in [1.82, 2.24) is 0 Å². The average molecular weight is 208 g/mol. The Morgan fingerprint density at radius 1 is 1.25 bits per heavy atom. The zero-order valence-corrected chi connectivity index (χ0v) is 5.20. The second-order valence-corrected chi connectivity index (χ2v) is 0. The van der Waals surface area contributed by atoms with Crippen molar-refractivity contribution in [3.05, 3.63) is 0 Å². The van der Waals surface area contributed by atoms with Gasteiger partial charge in [0.15, 0.2) is 17.4 Å². The third-order valence-corrected chi connectivity index (χ3v) is 0. The maximum Gasteiger partial charge on any atom is 0.316 e. The van der Waals surface area contributed by atoms with Crippen LogP contribution in [0.1, 0.15) is 0 Å². The SMILES string of the molecule is [AlH3].[BH2][La].[MgH2]. The average Bonchev–Trinajstić information content (AvgIpc) is 1.00. The summed E-state index contributed by atoms with van der Waals surface area (Å²) in [5.41, 5.74) is 0. The molecule has 0 radical (unpaired) electrons. The molecule has 0 unspecified atom stereocenters. The van der Waals surface area contributed by atoms with E-state index in [-0.39, 0.29) is 40.4 Å². The summed E-state index contributed by atoms with van der Waals surface area (Å²) in [6.45, 7) is 0. The molecule has 0 N–H and O–H groups in total. The minimum atomic E-state index is 0. The van der Waals surface area contributed by atoms with E-state index >= 15 is 0 Å². The molecule has 0 aromatic rings. The first-order valence-electron chi connectivity index (χ1n) is 0.577. The molecule has 4 heavy (non-hydrogen) atoms. The molecule has 0 heterocycles. The number of hydrogen-bond acceptors (Lipinski definition) is 0. The fourth-order valence-corrected chi connectivity index (χ4v) is 0. The van der Waals surface area contributed by atoms with Crippen molar-refractivity contribution in [2.75, 3.05) is 0 Å².